The van der Waals surface area contributed by atoms with Crippen molar-refractivity contribution in [2.75, 3.05) is 0 Å². The highest BCUT2D eigenvalue weighted by molar-refractivity contribution is 5.87. The summed E-state index contributed by atoms with van der Waals surface area (Å²) in [7, 11) is 0. The van der Waals surface area contributed by atoms with E-state index in [1.807, 2.05) is 0 Å². The maximum absolute atomic E-state index is 13.8. The van der Waals surface area contributed by atoms with Crippen molar-refractivity contribution in [2.24, 2.45) is 0 Å². The van der Waals surface area contributed by atoms with Gasteiger partial charge >= 0.3 is 5.97 Å². The lowest BCUT2D eigenvalue weighted by Crippen LogP contribution is -2.02. The molecule has 0 aliphatic heterocycles. The number of carboxylic acid groups (broad SMARTS) is 1. The number of halogens is 1. The Kier molecular flexibility index (Phi) is 3.91. The van der Waals surface area contributed by atoms with Gasteiger partial charge in [-0.1, -0.05) is 12.1 Å². The quantitative estimate of drug-likeness (QED) is 0.923. The highest BCUT2D eigenvalue weighted by Crippen LogP contribution is 2.17. The van der Waals surface area contributed by atoms with E-state index in [0.29, 0.717) is 0 Å². The van der Waals surface area contributed by atoms with Crippen LogP contribution in [-0.4, -0.2) is 16.1 Å². The zero-order valence-corrected chi connectivity index (χ0v) is 10.2. The van der Waals surface area contributed by atoms with E-state index >= 15 is 0 Å². The fraction of sp³-hybridized carbons (Fsp3) is 0.0714. The molecule has 0 aliphatic rings. The van der Waals surface area contributed by atoms with Crippen LogP contribution >= 0.6 is 0 Å². The van der Waals surface area contributed by atoms with Crippen molar-refractivity contribution >= 4 is 5.97 Å². The van der Waals surface area contributed by atoms with Crippen molar-refractivity contribution in [3.63, 3.8) is 0 Å². The maximum Gasteiger partial charge on any atom is 0.337 e. The lowest BCUT2D eigenvalue weighted by Gasteiger charge is -2.07. The van der Waals surface area contributed by atoms with Crippen molar-refractivity contribution in [1.82, 2.24) is 4.98 Å². The Labute approximate surface area is 113 Å². The first-order chi connectivity index (χ1) is 9.61. The van der Waals surface area contributed by atoms with Crippen LogP contribution in [-0.2, 0) is 6.61 Å². The molecule has 1 N–H and O–H groups in total. The van der Waals surface area contributed by atoms with E-state index < -0.39 is 11.8 Å². The summed E-state index contributed by atoms with van der Waals surface area (Å²) in [5, 5.41) is 17.5. The largest absolute Gasteiger partial charge is 0.487 e. The molecular formula is C14H9FN2O3. The molecule has 0 unspecified atom stereocenters. The second kappa shape index (κ2) is 5.80. The van der Waals surface area contributed by atoms with Crippen LogP contribution in [0.3, 0.4) is 0 Å². The number of pyridine rings is 1. The van der Waals surface area contributed by atoms with Gasteiger partial charge in [0.15, 0.2) is 0 Å². The monoisotopic (exact) mass is 272 g/mol. The first kappa shape index (κ1) is 13.5. The summed E-state index contributed by atoms with van der Waals surface area (Å²) in [5.41, 5.74) is 0.127. The second-order valence-corrected chi connectivity index (χ2v) is 3.89. The molecular weight excluding hydrogens is 263 g/mol. The number of carboxylic acids is 1. The molecule has 1 aromatic heterocycles. The molecule has 0 spiro atoms. The molecule has 0 fully saturated rings. The van der Waals surface area contributed by atoms with E-state index in [9.17, 15) is 9.18 Å². The molecule has 0 atom stereocenters. The summed E-state index contributed by atoms with van der Waals surface area (Å²) in [6.07, 6.45) is 2.52. The third kappa shape index (κ3) is 2.90. The molecule has 1 aromatic carbocycles. The van der Waals surface area contributed by atoms with Crippen LogP contribution in [0.2, 0.25) is 0 Å². The second-order valence-electron chi connectivity index (χ2n) is 3.89. The van der Waals surface area contributed by atoms with Crippen LogP contribution < -0.4 is 4.74 Å². The molecule has 0 bridgehead atoms. The molecule has 0 saturated heterocycles. The Morgan fingerprint density at radius 3 is 2.95 bits per heavy atom. The van der Waals surface area contributed by atoms with E-state index in [4.69, 9.17) is 15.1 Å². The number of aromatic carboxylic acids is 1. The van der Waals surface area contributed by atoms with Gasteiger partial charge in [0.25, 0.3) is 0 Å². The number of benzene rings is 1. The molecule has 6 heteroatoms. The highest BCUT2D eigenvalue weighted by atomic mass is 19.1. The molecule has 100 valence electrons. The van der Waals surface area contributed by atoms with Gasteiger partial charge in [0.2, 0.25) is 0 Å². The third-order valence-corrected chi connectivity index (χ3v) is 2.55. The predicted octanol–water partition coefficient (Wildman–Crippen LogP) is 2.37. The van der Waals surface area contributed by atoms with Gasteiger partial charge in [-0.15, -0.1) is 0 Å². The molecule has 0 radical (unpaired) electrons. The van der Waals surface area contributed by atoms with Gasteiger partial charge in [-0.25, -0.2) is 9.18 Å². The number of nitrogens with zero attached hydrogens (tertiary/aromatic N) is 2. The SMILES string of the molecule is N#Cc1cccc(COc2cncc(C(=O)O)c2)c1F. The van der Waals surface area contributed by atoms with Crippen molar-refractivity contribution in [2.45, 2.75) is 6.61 Å². The average Bonchev–Trinajstić information content (AvgIpc) is 2.46. The van der Waals surface area contributed by atoms with Crippen LogP contribution in [0.1, 0.15) is 21.5 Å². The van der Waals surface area contributed by atoms with E-state index in [1.54, 1.807) is 12.1 Å². The Morgan fingerprint density at radius 1 is 1.45 bits per heavy atom. The third-order valence-electron chi connectivity index (χ3n) is 2.55. The Balaban J connectivity index is 2.15. The first-order valence-electron chi connectivity index (χ1n) is 5.60. The topological polar surface area (TPSA) is 83.2 Å². The minimum absolute atomic E-state index is 0.0197. The Hall–Kier alpha value is -2.94. The number of aromatic nitrogens is 1. The van der Waals surface area contributed by atoms with Crippen LogP contribution in [0.25, 0.3) is 0 Å². The molecule has 5 nitrogen and oxygen atoms in total. The van der Waals surface area contributed by atoms with Crippen molar-refractivity contribution in [3.05, 3.63) is 59.2 Å². The van der Waals surface area contributed by atoms with Gasteiger partial charge in [-0.2, -0.15) is 5.26 Å². The molecule has 0 amide bonds. The summed E-state index contributed by atoms with van der Waals surface area (Å²) in [5.74, 6) is -1.55. The van der Waals surface area contributed by atoms with Gasteiger partial charge < -0.3 is 9.84 Å². The van der Waals surface area contributed by atoms with Crippen LogP contribution in [0.5, 0.6) is 5.75 Å². The van der Waals surface area contributed by atoms with Gasteiger partial charge in [0.05, 0.1) is 17.3 Å². The lowest BCUT2D eigenvalue weighted by atomic mass is 10.1. The summed E-state index contributed by atoms with van der Waals surface area (Å²) in [4.78, 5) is 14.5. The Bertz CT molecular complexity index is 695. The lowest BCUT2D eigenvalue weighted by molar-refractivity contribution is 0.0696. The number of hydrogen-bond donors (Lipinski definition) is 1. The zero-order valence-electron chi connectivity index (χ0n) is 10.2. The van der Waals surface area contributed by atoms with Crippen molar-refractivity contribution < 1.29 is 19.0 Å². The van der Waals surface area contributed by atoms with E-state index in [2.05, 4.69) is 4.98 Å². The van der Waals surface area contributed by atoms with E-state index in [0.717, 1.165) is 0 Å². The van der Waals surface area contributed by atoms with Crippen LogP contribution in [0, 0.1) is 17.1 Å². The van der Waals surface area contributed by atoms with Crippen LogP contribution in [0.15, 0.2) is 36.7 Å². The molecule has 2 aromatic rings. The molecule has 0 saturated carbocycles. The summed E-state index contributed by atoms with van der Waals surface area (Å²) < 4.78 is 19.1. The van der Waals surface area contributed by atoms with Crippen molar-refractivity contribution in [1.29, 1.82) is 5.26 Å². The maximum atomic E-state index is 13.8. The van der Waals surface area contributed by atoms with Gasteiger partial charge in [0.1, 0.15) is 24.2 Å². The number of rotatable bonds is 4. The summed E-state index contributed by atoms with van der Waals surface area (Å²) >= 11 is 0. The molecule has 1 heterocycles. The normalized spacial score (nSPS) is 9.80. The summed E-state index contributed by atoms with van der Waals surface area (Å²) in [6, 6.07) is 7.44. The summed E-state index contributed by atoms with van der Waals surface area (Å²) in [6.45, 7) is -0.119. The van der Waals surface area contributed by atoms with E-state index in [1.165, 1.54) is 30.6 Å². The molecule has 20 heavy (non-hydrogen) atoms. The van der Waals surface area contributed by atoms with E-state index in [-0.39, 0.29) is 29.0 Å². The zero-order chi connectivity index (χ0) is 14.5. The highest BCUT2D eigenvalue weighted by Gasteiger charge is 2.09. The van der Waals surface area contributed by atoms with Gasteiger partial charge in [0, 0.05) is 11.8 Å². The fourth-order valence-electron chi connectivity index (χ4n) is 1.55. The Morgan fingerprint density at radius 2 is 2.25 bits per heavy atom. The van der Waals surface area contributed by atoms with Crippen LogP contribution in [0.4, 0.5) is 4.39 Å². The van der Waals surface area contributed by atoms with Gasteiger partial charge in [-0.3, -0.25) is 4.98 Å². The number of nitriles is 1. The predicted molar refractivity (Wildman–Crippen MR) is 66.6 cm³/mol. The molecule has 0 aliphatic carbocycles. The fourth-order valence-corrected chi connectivity index (χ4v) is 1.55. The standard InChI is InChI=1S/C14H9FN2O3/c15-13-9(5-16)2-1-3-10(13)8-20-12-4-11(14(18)19)6-17-7-12/h1-4,6-7H,8H2,(H,18,19). The first-order valence-corrected chi connectivity index (χ1v) is 5.60. The van der Waals surface area contributed by atoms with Crippen molar-refractivity contribution in [3.8, 4) is 11.8 Å². The smallest absolute Gasteiger partial charge is 0.337 e. The number of ether oxygens (including phenoxy) is 1. The van der Waals surface area contributed by atoms with Gasteiger partial charge in [-0.05, 0) is 12.1 Å². The number of carbonyl (C=O) groups is 1. The number of hydrogen-bond acceptors (Lipinski definition) is 4. The molecule has 2 rings (SSSR count). The minimum atomic E-state index is -1.12. The minimum Gasteiger partial charge on any atom is -0.487 e. The average molecular weight is 272 g/mol.